The summed E-state index contributed by atoms with van der Waals surface area (Å²) in [6.45, 7) is 5.18. The van der Waals surface area contributed by atoms with Gasteiger partial charge in [0.2, 0.25) is 0 Å². The van der Waals surface area contributed by atoms with Gasteiger partial charge in [-0.1, -0.05) is 0 Å². The Bertz CT molecular complexity index is 717. The zero-order valence-corrected chi connectivity index (χ0v) is 18.1. The smallest absolute Gasteiger partial charge is 0.254 e. The maximum absolute atomic E-state index is 13.0. The second-order valence-electron chi connectivity index (χ2n) is 9.06. The molecule has 0 aromatic heterocycles. The molecular formula is C23H34N2O5. The summed E-state index contributed by atoms with van der Waals surface area (Å²) in [6, 6.07) is 5.33. The van der Waals surface area contributed by atoms with E-state index in [1.165, 1.54) is 0 Å². The number of nitrogens with zero attached hydrogens (tertiary/aromatic N) is 2. The second-order valence-corrected chi connectivity index (χ2v) is 9.06. The van der Waals surface area contributed by atoms with E-state index in [2.05, 4.69) is 4.90 Å². The van der Waals surface area contributed by atoms with Crippen molar-refractivity contribution in [2.75, 3.05) is 53.6 Å². The van der Waals surface area contributed by atoms with Gasteiger partial charge in [0, 0.05) is 44.4 Å². The molecule has 7 nitrogen and oxygen atoms in total. The van der Waals surface area contributed by atoms with Crippen LogP contribution in [0.1, 0.15) is 42.5 Å². The minimum Gasteiger partial charge on any atom is -0.497 e. The van der Waals surface area contributed by atoms with Crippen LogP contribution in [0.5, 0.6) is 11.5 Å². The highest BCUT2D eigenvalue weighted by atomic mass is 16.5. The van der Waals surface area contributed by atoms with Gasteiger partial charge in [0.25, 0.3) is 5.91 Å². The maximum atomic E-state index is 13.0. The number of carbonyl (C=O) groups is 1. The van der Waals surface area contributed by atoms with Crippen LogP contribution in [0.25, 0.3) is 0 Å². The summed E-state index contributed by atoms with van der Waals surface area (Å²) < 4.78 is 16.8. The molecule has 3 saturated heterocycles. The summed E-state index contributed by atoms with van der Waals surface area (Å²) >= 11 is 0. The van der Waals surface area contributed by atoms with Crippen molar-refractivity contribution in [2.24, 2.45) is 5.41 Å². The predicted octanol–water partition coefficient (Wildman–Crippen LogP) is 2.17. The lowest BCUT2D eigenvalue weighted by Gasteiger charge is -2.38. The van der Waals surface area contributed by atoms with Gasteiger partial charge in [-0.2, -0.15) is 0 Å². The van der Waals surface area contributed by atoms with Gasteiger partial charge in [-0.3, -0.25) is 4.79 Å². The van der Waals surface area contributed by atoms with Gasteiger partial charge in [-0.05, 0) is 49.7 Å². The van der Waals surface area contributed by atoms with Crippen LogP contribution in [0.2, 0.25) is 0 Å². The molecule has 3 fully saturated rings. The summed E-state index contributed by atoms with van der Waals surface area (Å²) in [5.41, 5.74) is 0.804. The van der Waals surface area contributed by atoms with Crippen molar-refractivity contribution in [3.8, 4) is 11.5 Å². The number of hydrogen-bond acceptors (Lipinski definition) is 6. The molecule has 1 N–H and O–H groups in total. The van der Waals surface area contributed by atoms with E-state index in [9.17, 15) is 9.90 Å². The summed E-state index contributed by atoms with van der Waals surface area (Å²) in [7, 11) is 3.19. The van der Waals surface area contributed by atoms with Gasteiger partial charge in [-0.15, -0.1) is 0 Å². The van der Waals surface area contributed by atoms with Gasteiger partial charge in [-0.25, -0.2) is 0 Å². The Balaban J connectivity index is 1.31. The summed E-state index contributed by atoms with van der Waals surface area (Å²) in [4.78, 5) is 17.4. The lowest BCUT2D eigenvalue weighted by Crippen LogP contribution is -2.44. The first-order valence-corrected chi connectivity index (χ1v) is 11.0. The van der Waals surface area contributed by atoms with Crippen molar-refractivity contribution < 1.29 is 24.1 Å². The maximum Gasteiger partial charge on any atom is 0.254 e. The van der Waals surface area contributed by atoms with E-state index < -0.39 is 0 Å². The fourth-order valence-electron chi connectivity index (χ4n) is 5.05. The van der Waals surface area contributed by atoms with Crippen molar-refractivity contribution in [3.63, 3.8) is 0 Å². The monoisotopic (exact) mass is 418 g/mol. The van der Waals surface area contributed by atoms with E-state index in [1.807, 2.05) is 4.90 Å². The summed E-state index contributed by atoms with van der Waals surface area (Å²) in [5.74, 6) is 1.29. The number of amides is 1. The zero-order chi connectivity index (χ0) is 21.1. The van der Waals surface area contributed by atoms with Crippen molar-refractivity contribution in [3.05, 3.63) is 23.8 Å². The Morgan fingerprint density at radius 3 is 2.33 bits per heavy atom. The largest absolute Gasteiger partial charge is 0.497 e. The van der Waals surface area contributed by atoms with E-state index in [4.69, 9.17) is 14.2 Å². The third-order valence-electron chi connectivity index (χ3n) is 7.01. The Morgan fingerprint density at radius 1 is 1.10 bits per heavy atom. The number of benzene rings is 1. The van der Waals surface area contributed by atoms with Gasteiger partial charge >= 0.3 is 0 Å². The van der Waals surface area contributed by atoms with Crippen LogP contribution in [0.4, 0.5) is 0 Å². The van der Waals surface area contributed by atoms with Crippen molar-refractivity contribution in [2.45, 2.75) is 44.3 Å². The normalized spacial score (nSPS) is 24.9. The molecular weight excluding hydrogens is 384 g/mol. The number of ether oxygens (including phenoxy) is 3. The average Bonchev–Trinajstić information content (AvgIpc) is 3.16. The molecule has 4 rings (SSSR count). The first-order valence-electron chi connectivity index (χ1n) is 11.0. The summed E-state index contributed by atoms with van der Waals surface area (Å²) in [6.07, 6.45) is 4.90. The van der Waals surface area contributed by atoms with E-state index in [0.29, 0.717) is 17.1 Å². The molecule has 0 radical (unpaired) electrons. The lowest BCUT2D eigenvalue weighted by atomic mass is 9.76. The van der Waals surface area contributed by atoms with E-state index >= 15 is 0 Å². The number of hydrogen-bond donors (Lipinski definition) is 1. The molecule has 7 heteroatoms. The first-order chi connectivity index (χ1) is 14.5. The SMILES string of the molecule is COc1cc(OC)cc(C(=O)N2CCC3(CC2)COC(CN2CCC(O)CC2)C3)c1. The van der Waals surface area contributed by atoms with Gasteiger partial charge in [0.1, 0.15) is 11.5 Å². The molecule has 30 heavy (non-hydrogen) atoms. The number of piperidine rings is 2. The number of likely N-dealkylation sites (tertiary alicyclic amines) is 2. The minimum atomic E-state index is -0.136. The molecule has 1 aromatic carbocycles. The van der Waals surface area contributed by atoms with E-state index in [0.717, 1.165) is 71.4 Å². The predicted molar refractivity (Wildman–Crippen MR) is 113 cm³/mol. The quantitative estimate of drug-likeness (QED) is 0.790. The fraction of sp³-hybridized carbons (Fsp3) is 0.696. The van der Waals surface area contributed by atoms with Crippen LogP contribution < -0.4 is 9.47 Å². The highest BCUT2D eigenvalue weighted by Gasteiger charge is 2.43. The van der Waals surface area contributed by atoms with E-state index in [1.54, 1.807) is 32.4 Å². The van der Waals surface area contributed by atoms with Crippen molar-refractivity contribution in [1.82, 2.24) is 9.80 Å². The Morgan fingerprint density at radius 2 is 1.73 bits per heavy atom. The molecule has 0 aliphatic carbocycles. The van der Waals surface area contributed by atoms with Crippen LogP contribution in [0.3, 0.4) is 0 Å². The van der Waals surface area contributed by atoms with E-state index in [-0.39, 0.29) is 23.5 Å². The Hall–Kier alpha value is -1.83. The molecule has 3 heterocycles. The van der Waals surface area contributed by atoms with Crippen LogP contribution in [-0.2, 0) is 4.74 Å². The molecule has 1 aromatic rings. The zero-order valence-electron chi connectivity index (χ0n) is 18.1. The number of rotatable bonds is 5. The van der Waals surface area contributed by atoms with Gasteiger partial charge < -0.3 is 29.1 Å². The third kappa shape index (κ3) is 4.74. The molecule has 3 aliphatic heterocycles. The third-order valence-corrected chi connectivity index (χ3v) is 7.01. The molecule has 0 bridgehead atoms. The number of aliphatic hydroxyl groups excluding tert-OH is 1. The molecule has 1 amide bonds. The number of aliphatic hydroxyl groups is 1. The Labute approximate surface area is 178 Å². The number of methoxy groups -OCH3 is 2. The Kier molecular flexibility index (Phi) is 6.51. The van der Waals surface area contributed by atoms with Gasteiger partial charge in [0.15, 0.2) is 0 Å². The molecule has 1 atom stereocenters. The topological polar surface area (TPSA) is 71.5 Å². The molecule has 0 saturated carbocycles. The van der Waals surface area contributed by atoms with Gasteiger partial charge in [0.05, 0.1) is 33.0 Å². The van der Waals surface area contributed by atoms with Crippen LogP contribution in [0, 0.1) is 5.41 Å². The summed E-state index contributed by atoms with van der Waals surface area (Å²) in [5, 5.41) is 9.69. The highest BCUT2D eigenvalue weighted by molar-refractivity contribution is 5.95. The molecule has 166 valence electrons. The first kappa shape index (κ1) is 21.4. The highest BCUT2D eigenvalue weighted by Crippen LogP contribution is 2.42. The molecule has 1 unspecified atom stereocenters. The second kappa shape index (κ2) is 9.12. The average molecular weight is 419 g/mol. The van der Waals surface area contributed by atoms with Crippen LogP contribution >= 0.6 is 0 Å². The molecule has 1 spiro atoms. The van der Waals surface area contributed by atoms with Crippen molar-refractivity contribution >= 4 is 5.91 Å². The van der Waals surface area contributed by atoms with Crippen LogP contribution in [-0.4, -0.2) is 86.6 Å². The fourth-order valence-corrected chi connectivity index (χ4v) is 5.05. The number of carbonyl (C=O) groups excluding carboxylic acids is 1. The minimum absolute atomic E-state index is 0.0318. The standard InChI is InChI=1S/C23H34N2O5/c1-28-19-11-17(12-20(13-19)29-2)22(27)25-9-5-23(6-10-25)14-21(30-16-23)15-24-7-3-18(26)4-8-24/h11-13,18,21,26H,3-10,14-16H2,1-2H3. The molecule has 3 aliphatic rings. The van der Waals surface area contributed by atoms with Crippen LogP contribution in [0.15, 0.2) is 18.2 Å². The lowest BCUT2D eigenvalue weighted by molar-refractivity contribution is 0.0302. The van der Waals surface area contributed by atoms with Crippen molar-refractivity contribution in [1.29, 1.82) is 0 Å².